The number of pyridine rings is 1. The first kappa shape index (κ1) is 17.0. The molecule has 0 bridgehead atoms. The van der Waals surface area contributed by atoms with E-state index in [-0.39, 0.29) is 15.9 Å². The lowest BCUT2D eigenvalue weighted by Gasteiger charge is -2.17. The number of rotatable bonds is 4. The third-order valence-electron chi connectivity index (χ3n) is 3.45. The number of ether oxygens (including phenoxy) is 1. The zero-order valence-corrected chi connectivity index (χ0v) is 13.9. The molecule has 0 fully saturated rings. The molecule has 1 aromatic carbocycles. The summed E-state index contributed by atoms with van der Waals surface area (Å²) < 4.78 is 30.9. The van der Waals surface area contributed by atoms with E-state index in [2.05, 4.69) is 0 Å². The zero-order chi connectivity index (χ0) is 17.2. The molecule has 0 N–H and O–H groups in total. The van der Waals surface area contributed by atoms with Gasteiger partial charge >= 0.3 is 5.97 Å². The van der Waals surface area contributed by atoms with E-state index >= 15 is 0 Å². The second-order valence-electron chi connectivity index (χ2n) is 5.00. The first-order valence-electron chi connectivity index (χ1n) is 6.92. The van der Waals surface area contributed by atoms with E-state index in [1.165, 1.54) is 48.3 Å². The van der Waals surface area contributed by atoms with Crippen LogP contribution in [0.15, 0.2) is 46.3 Å². The third-order valence-corrected chi connectivity index (χ3v) is 4.64. The third kappa shape index (κ3) is 3.34. The first-order chi connectivity index (χ1) is 10.8. The van der Waals surface area contributed by atoms with E-state index in [1.54, 1.807) is 6.92 Å². The number of benzene rings is 1. The monoisotopic (exact) mass is 335 g/mol. The molecule has 0 unspecified atom stereocenters. The maximum atomic E-state index is 12.3. The topological polar surface area (TPSA) is 82.4 Å². The van der Waals surface area contributed by atoms with E-state index in [9.17, 15) is 18.0 Å². The SMILES string of the molecule is CCc1c(C(=O)OC)ccc(-n2ccc(=O)cc2)c1S(C)(=O)=O. The van der Waals surface area contributed by atoms with Crippen LogP contribution in [-0.4, -0.2) is 32.3 Å². The Morgan fingerprint density at radius 1 is 1.17 bits per heavy atom. The van der Waals surface area contributed by atoms with Crippen LogP contribution in [0.1, 0.15) is 22.8 Å². The van der Waals surface area contributed by atoms with Gasteiger partial charge in [0.25, 0.3) is 0 Å². The van der Waals surface area contributed by atoms with E-state index in [0.29, 0.717) is 17.7 Å². The largest absolute Gasteiger partial charge is 0.465 e. The normalized spacial score (nSPS) is 11.3. The molecule has 6 nitrogen and oxygen atoms in total. The highest BCUT2D eigenvalue weighted by Crippen LogP contribution is 2.28. The van der Waals surface area contributed by atoms with Crippen molar-refractivity contribution in [1.82, 2.24) is 4.57 Å². The first-order valence-corrected chi connectivity index (χ1v) is 8.81. The summed E-state index contributed by atoms with van der Waals surface area (Å²) >= 11 is 0. The van der Waals surface area contributed by atoms with Gasteiger partial charge in [-0.15, -0.1) is 0 Å². The van der Waals surface area contributed by atoms with Gasteiger partial charge in [-0.1, -0.05) is 6.92 Å². The van der Waals surface area contributed by atoms with E-state index in [0.717, 1.165) is 6.26 Å². The smallest absolute Gasteiger partial charge is 0.338 e. The van der Waals surface area contributed by atoms with Crippen LogP contribution in [0.3, 0.4) is 0 Å². The van der Waals surface area contributed by atoms with Crippen LogP contribution >= 0.6 is 0 Å². The highest BCUT2D eigenvalue weighted by atomic mass is 32.2. The molecule has 0 aliphatic heterocycles. The standard InChI is InChI=1S/C16H17NO5S/c1-4-12-13(16(19)22-2)5-6-14(15(12)23(3,20)21)17-9-7-11(18)8-10-17/h5-10H,4H2,1-3H3. The summed E-state index contributed by atoms with van der Waals surface area (Å²) in [5, 5.41) is 0. The van der Waals surface area contributed by atoms with Crippen LogP contribution in [0, 0.1) is 0 Å². The van der Waals surface area contributed by atoms with Gasteiger partial charge in [-0.25, -0.2) is 13.2 Å². The number of aromatic nitrogens is 1. The predicted octanol–water partition coefficient (Wildman–Crippen LogP) is 1.59. The van der Waals surface area contributed by atoms with E-state index in [1.807, 2.05) is 0 Å². The molecule has 23 heavy (non-hydrogen) atoms. The molecule has 0 radical (unpaired) electrons. The minimum absolute atomic E-state index is 0.0616. The van der Waals surface area contributed by atoms with Gasteiger partial charge in [0.15, 0.2) is 15.3 Å². The van der Waals surface area contributed by atoms with Crippen LogP contribution < -0.4 is 5.43 Å². The molecule has 0 spiro atoms. The summed E-state index contributed by atoms with van der Waals surface area (Å²) in [6.45, 7) is 1.77. The molecule has 0 aliphatic rings. The minimum atomic E-state index is -3.61. The summed E-state index contributed by atoms with van der Waals surface area (Å²) in [6.07, 6.45) is 4.42. The van der Waals surface area contributed by atoms with Crippen molar-refractivity contribution < 1.29 is 17.9 Å². The van der Waals surface area contributed by atoms with Crippen molar-refractivity contribution in [2.45, 2.75) is 18.2 Å². The molecular formula is C16H17NO5S. The average Bonchev–Trinajstić information content (AvgIpc) is 2.52. The van der Waals surface area contributed by atoms with Gasteiger partial charge in [0, 0.05) is 30.8 Å². The zero-order valence-electron chi connectivity index (χ0n) is 13.1. The predicted molar refractivity (Wildman–Crippen MR) is 85.9 cm³/mol. The van der Waals surface area contributed by atoms with Crippen molar-refractivity contribution in [3.63, 3.8) is 0 Å². The number of hydrogen-bond donors (Lipinski definition) is 0. The Bertz CT molecular complexity index is 892. The summed E-state index contributed by atoms with van der Waals surface area (Å²) in [4.78, 5) is 23.2. The summed E-state index contributed by atoms with van der Waals surface area (Å²) in [6, 6.07) is 5.75. The number of esters is 1. The molecule has 0 atom stereocenters. The van der Waals surface area contributed by atoms with Crippen LogP contribution in [0.2, 0.25) is 0 Å². The van der Waals surface area contributed by atoms with Gasteiger partial charge < -0.3 is 9.30 Å². The summed E-state index contributed by atoms with van der Waals surface area (Å²) in [5.41, 5.74) is 0.830. The maximum Gasteiger partial charge on any atom is 0.338 e. The van der Waals surface area contributed by atoms with Crippen molar-refractivity contribution in [2.75, 3.05) is 13.4 Å². The fraction of sp³-hybridized carbons (Fsp3) is 0.250. The Balaban J connectivity index is 2.86. The van der Waals surface area contributed by atoms with Crippen LogP contribution in [0.25, 0.3) is 5.69 Å². The number of sulfone groups is 1. The molecule has 2 rings (SSSR count). The molecular weight excluding hydrogens is 318 g/mol. The Hall–Kier alpha value is -2.41. The fourth-order valence-corrected chi connectivity index (χ4v) is 3.71. The van der Waals surface area contributed by atoms with Crippen LogP contribution in [0.5, 0.6) is 0 Å². The van der Waals surface area contributed by atoms with Gasteiger partial charge in [-0.3, -0.25) is 4.79 Å². The van der Waals surface area contributed by atoms with Gasteiger partial charge in [0.2, 0.25) is 0 Å². The van der Waals surface area contributed by atoms with Crippen molar-refractivity contribution in [3.8, 4) is 5.69 Å². The number of hydrogen-bond acceptors (Lipinski definition) is 5. The average molecular weight is 335 g/mol. The molecule has 122 valence electrons. The Morgan fingerprint density at radius 3 is 2.26 bits per heavy atom. The number of nitrogens with zero attached hydrogens (tertiary/aromatic N) is 1. The van der Waals surface area contributed by atoms with Crippen molar-refractivity contribution in [3.05, 3.63) is 58.0 Å². The van der Waals surface area contributed by atoms with Crippen LogP contribution in [0.4, 0.5) is 0 Å². The Kier molecular flexibility index (Phi) is 4.70. The summed E-state index contributed by atoms with van der Waals surface area (Å²) in [7, 11) is -2.36. The lowest BCUT2D eigenvalue weighted by Crippen LogP contribution is -2.15. The second kappa shape index (κ2) is 6.37. The highest BCUT2D eigenvalue weighted by molar-refractivity contribution is 7.90. The molecule has 0 saturated carbocycles. The van der Waals surface area contributed by atoms with Gasteiger partial charge in [-0.05, 0) is 24.1 Å². The lowest BCUT2D eigenvalue weighted by molar-refractivity contribution is 0.0599. The number of methoxy groups -OCH3 is 1. The molecule has 0 aliphatic carbocycles. The molecule has 7 heteroatoms. The second-order valence-corrected chi connectivity index (χ2v) is 6.95. The van der Waals surface area contributed by atoms with Gasteiger partial charge in [0.1, 0.15) is 0 Å². The van der Waals surface area contributed by atoms with E-state index in [4.69, 9.17) is 4.74 Å². The Morgan fingerprint density at radius 2 is 1.78 bits per heavy atom. The molecule has 0 saturated heterocycles. The molecule has 2 aromatic rings. The molecule has 0 amide bonds. The molecule has 1 aromatic heterocycles. The van der Waals surface area contributed by atoms with E-state index < -0.39 is 15.8 Å². The fourth-order valence-electron chi connectivity index (χ4n) is 2.46. The van der Waals surface area contributed by atoms with Crippen molar-refractivity contribution in [2.24, 2.45) is 0 Å². The number of carbonyl (C=O) groups excluding carboxylic acids is 1. The summed E-state index contributed by atoms with van der Waals surface area (Å²) in [5.74, 6) is -0.585. The number of carbonyl (C=O) groups is 1. The van der Waals surface area contributed by atoms with Gasteiger partial charge in [0.05, 0.1) is 23.3 Å². The highest BCUT2D eigenvalue weighted by Gasteiger charge is 2.24. The van der Waals surface area contributed by atoms with Crippen molar-refractivity contribution in [1.29, 1.82) is 0 Å². The molecule has 1 heterocycles. The van der Waals surface area contributed by atoms with Gasteiger partial charge in [-0.2, -0.15) is 0 Å². The maximum absolute atomic E-state index is 12.3. The quantitative estimate of drug-likeness (QED) is 0.793. The Labute approximate surface area is 134 Å². The lowest BCUT2D eigenvalue weighted by atomic mass is 10.0. The minimum Gasteiger partial charge on any atom is -0.465 e. The van der Waals surface area contributed by atoms with Crippen LogP contribution in [-0.2, 0) is 21.0 Å². The van der Waals surface area contributed by atoms with Crippen molar-refractivity contribution >= 4 is 15.8 Å².